The molecule has 1 saturated heterocycles. The average Bonchev–Trinajstić information content (AvgIpc) is 3.26. The number of alkyl halides is 3. The molecule has 0 saturated carbocycles. The molecule has 2 aromatic carbocycles. The van der Waals surface area contributed by atoms with Crippen molar-refractivity contribution in [2.75, 3.05) is 13.1 Å². The third-order valence-electron chi connectivity index (χ3n) is 5.04. The molecule has 2 aromatic rings. The molecule has 1 heterocycles. The summed E-state index contributed by atoms with van der Waals surface area (Å²) in [6, 6.07) is 6.97. The molecule has 31 heavy (non-hydrogen) atoms. The Balaban J connectivity index is 1.82. The first-order chi connectivity index (χ1) is 14.6. The summed E-state index contributed by atoms with van der Waals surface area (Å²) in [5.74, 6) is -1.91. The molecule has 0 unspecified atom stereocenters. The number of benzene rings is 2. The first-order valence-electron chi connectivity index (χ1n) is 9.53. The molecule has 1 fully saturated rings. The molecule has 0 aromatic heterocycles. The van der Waals surface area contributed by atoms with Gasteiger partial charge in [-0.3, -0.25) is 15.0 Å². The lowest BCUT2D eigenvalue weighted by atomic mass is 10.0. The smallest absolute Gasteiger partial charge is 0.417 e. The van der Waals surface area contributed by atoms with Crippen molar-refractivity contribution in [3.05, 3.63) is 64.2 Å². The number of likely N-dealkylation sites (tertiary alicyclic amines) is 1. The Kier molecular flexibility index (Phi) is 6.19. The van der Waals surface area contributed by atoms with Crippen molar-refractivity contribution in [3.8, 4) is 5.75 Å². The van der Waals surface area contributed by atoms with E-state index in [4.69, 9.17) is 11.1 Å². The van der Waals surface area contributed by atoms with Gasteiger partial charge in [-0.1, -0.05) is 0 Å². The molecule has 0 aliphatic carbocycles. The highest BCUT2D eigenvalue weighted by Gasteiger charge is 2.37. The minimum absolute atomic E-state index is 0.159. The zero-order valence-electron chi connectivity index (χ0n) is 16.4. The highest BCUT2D eigenvalue weighted by Crippen LogP contribution is 2.34. The number of hydrogen-bond acceptors (Lipinski definition) is 4. The van der Waals surface area contributed by atoms with Crippen LogP contribution in [-0.4, -0.2) is 40.7 Å². The van der Waals surface area contributed by atoms with Crippen LogP contribution in [0, 0.1) is 5.41 Å². The second kappa shape index (κ2) is 8.66. The zero-order valence-corrected chi connectivity index (χ0v) is 16.4. The summed E-state index contributed by atoms with van der Waals surface area (Å²) in [6.45, 7) is 0.615. The van der Waals surface area contributed by atoms with Crippen molar-refractivity contribution in [1.82, 2.24) is 10.2 Å². The molecule has 10 heteroatoms. The number of halogens is 3. The van der Waals surface area contributed by atoms with E-state index in [1.165, 1.54) is 29.2 Å². The third kappa shape index (κ3) is 4.96. The number of nitrogens with zero attached hydrogens (tertiary/aromatic N) is 1. The van der Waals surface area contributed by atoms with Crippen LogP contribution < -0.4 is 11.1 Å². The lowest BCUT2D eigenvalue weighted by molar-refractivity contribution is -0.138. The summed E-state index contributed by atoms with van der Waals surface area (Å²) in [4.78, 5) is 26.3. The second-order valence-corrected chi connectivity index (χ2v) is 7.20. The fourth-order valence-electron chi connectivity index (χ4n) is 3.37. The van der Waals surface area contributed by atoms with Crippen LogP contribution in [0.15, 0.2) is 36.4 Å². The van der Waals surface area contributed by atoms with Crippen molar-refractivity contribution in [2.24, 2.45) is 5.73 Å². The van der Waals surface area contributed by atoms with Gasteiger partial charge in [0.1, 0.15) is 11.6 Å². The van der Waals surface area contributed by atoms with Crippen LogP contribution in [0.25, 0.3) is 0 Å². The van der Waals surface area contributed by atoms with Gasteiger partial charge in [0.05, 0.1) is 11.1 Å². The fraction of sp³-hybridized carbons (Fsp3) is 0.286. The van der Waals surface area contributed by atoms with Gasteiger partial charge in [-0.05, 0) is 49.2 Å². The number of phenols is 1. The fourth-order valence-corrected chi connectivity index (χ4v) is 3.37. The molecule has 7 nitrogen and oxygen atoms in total. The molecular weight excluding hydrogens is 413 g/mol. The van der Waals surface area contributed by atoms with Gasteiger partial charge in [-0.25, -0.2) is 0 Å². The SMILES string of the molecule is N=C(N)c1ccc(O)c(CNC(=O)c2ccc(C(=O)N3CCCC3)c(C(F)(F)F)c2)c1. The number of nitrogens with two attached hydrogens (primary N) is 1. The zero-order chi connectivity index (χ0) is 22.8. The summed E-state index contributed by atoms with van der Waals surface area (Å²) in [5, 5.41) is 19.8. The highest BCUT2D eigenvalue weighted by molar-refractivity contribution is 5.99. The average molecular weight is 434 g/mol. The molecule has 2 amide bonds. The monoisotopic (exact) mass is 434 g/mol. The van der Waals surface area contributed by atoms with Crippen LogP contribution in [-0.2, 0) is 12.7 Å². The number of phenolic OH excluding ortho intramolecular Hbond substituents is 1. The Morgan fingerprint density at radius 1 is 1.10 bits per heavy atom. The van der Waals surface area contributed by atoms with Crippen LogP contribution in [0.5, 0.6) is 5.75 Å². The lowest BCUT2D eigenvalue weighted by Crippen LogP contribution is -2.30. The number of nitrogens with one attached hydrogen (secondary N) is 2. The summed E-state index contributed by atoms with van der Waals surface area (Å²) < 4.78 is 40.8. The van der Waals surface area contributed by atoms with Crippen molar-refractivity contribution in [2.45, 2.75) is 25.6 Å². The van der Waals surface area contributed by atoms with Crippen molar-refractivity contribution in [3.63, 3.8) is 0 Å². The van der Waals surface area contributed by atoms with E-state index in [-0.39, 0.29) is 29.3 Å². The van der Waals surface area contributed by atoms with Crippen molar-refractivity contribution in [1.29, 1.82) is 5.41 Å². The molecule has 1 aliphatic rings. The molecule has 0 bridgehead atoms. The number of amides is 2. The number of hydrogen-bond donors (Lipinski definition) is 4. The second-order valence-electron chi connectivity index (χ2n) is 7.20. The highest BCUT2D eigenvalue weighted by atomic mass is 19.4. The largest absolute Gasteiger partial charge is 0.508 e. The lowest BCUT2D eigenvalue weighted by Gasteiger charge is -2.19. The standard InChI is InChI=1S/C21H21F3N4O3/c22-21(23,24)16-10-13(3-5-15(16)20(31)28-7-1-2-8-28)19(30)27-11-14-9-12(18(25)26)4-6-17(14)29/h3-6,9-10,29H,1-2,7-8,11H2,(H3,25,26)(H,27,30). The maximum Gasteiger partial charge on any atom is 0.417 e. The number of amidine groups is 1. The summed E-state index contributed by atoms with van der Waals surface area (Å²) in [7, 11) is 0. The summed E-state index contributed by atoms with van der Waals surface area (Å²) in [5.41, 5.74) is 4.04. The summed E-state index contributed by atoms with van der Waals surface area (Å²) in [6.07, 6.45) is -3.33. The van der Waals surface area contributed by atoms with Gasteiger partial charge in [-0.2, -0.15) is 13.2 Å². The maximum atomic E-state index is 13.6. The van der Waals surface area contributed by atoms with E-state index in [0.29, 0.717) is 24.7 Å². The number of carbonyl (C=O) groups is 2. The van der Waals surface area contributed by atoms with E-state index >= 15 is 0 Å². The van der Waals surface area contributed by atoms with Gasteiger partial charge < -0.3 is 21.1 Å². The first-order valence-corrected chi connectivity index (χ1v) is 9.53. The number of carbonyl (C=O) groups excluding carboxylic acids is 2. The Labute approximate surface area is 176 Å². The molecule has 3 rings (SSSR count). The third-order valence-corrected chi connectivity index (χ3v) is 5.04. The first kappa shape index (κ1) is 22.1. The van der Waals surface area contributed by atoms with E-state index in [2.05, 4.69) is 5.32 Å². The van der Waals surface area contributed by atoms with E-state index in [1.54, 1.807) is 0 Å². The minimum atomic E-state index is -4.81. The van der Waals surface area contributed by atoms with E-state index in [0.717, 1.165) is 18.9 Å². The molecule has 0 atom stereocenters. The Hall–Kier alpha value is -3.56. The van der Waals surface area contributed by atoms with E-state index in [1.807, 2.05) is 0 Å². The van der Waals surface area contributed by atoms with Crippen molar-refractivity contribution < 1.29 is 27.9 Å². The van der Waals surface area contributed by atoms with Gasteiger partial charge in [0.15, 0.2) is 0 Å². The topological polar surface area (TPSA) is 120 Å². The summed E-state index contributed by atoms with van der Waals surface area (Å²) >= 11 is 0. The van der Waals surface area contributed by atoms with E-state index < -0.39 is 29.1 Å². The normalized spacial score (nSPS) is 13.8. The van der Waals surface area contributed by atoms with Crippen LogP contribution >= 0.6 is 0 Å². The predicted octanol–water partition coefficient (Wildman–Crippen LogP) is 2.86. The Morgan fingerprint density at radius 3 is 2.35 bits per heavy atom. The molecule has 164 valence electrons. The van der Waals surface area contributed by atoms with Crippen LogP contribution in [0.3, 0.4) is 0 Å². The van der Waals surface area contributed by atoms with Crippen molar-refractivity contribution >= 4 is 17.6 Å². The number of nitrogen functional groups attached to an aromatic ring is 1. The van der Waals surface area contributed by atoms with Gasteiger partial charge in [-0.15, -0.1) is 0 Å². The van der Waals surface area contributed by atoms with Crippen LogP contribution in [0.4, 0.5) is 13.2 Å². The van der Waals surface area contributed by atoms with Gasteiger partial charge in [0.25, 0.3) is 11.8 Å². The van der Waals surface area contributed by atoms with Gasteiger partial charge in [0, 0.05) is 36.3 Å². The molecule has 0 radical (unpaired) electrons. The molecular formula is C21H21F3N4O3. The predicted molar refractivity (Wildman–Crippen MR) is 107 cm³/mol. The molecule has 5 N–H and O–H groups in total. The molecule has 0 spiro atoms. The van der Waals surface area contributed by atoms with Gasteiger partial charge >= 0.3 is 6.18 Å². The quantitative estimate of drug-likeness (QED) is 0.427. The van der Waals surface area contributed by atoms with E-state index in [9.17, 15) is 27.9 Å². The Bertz CT molecular complexity index is 1030. The minimum Gasteiger partial charge on any atom is -0.508 e. The van der Waals surface area contributed by atoms with Gasteiger partial charge in [0.2, 0.25) is 0 Å². The van der Waals surface area contributed by atoms with Crippen LogP contribution in [0.2, 0.25) is 0 Å². The number of rotatable bonds is 5. The number of aromatic hydroxyl groups is 1. The Morgan fingerprint density at radius 2 is 1.74 bits per heavy atom. The maximum absolute atomic E-state index is 13.6. The van der Waals surface area contributed by atoms with Crippen LogP contribution in [0.1, 0.15) is 50.2 Å². The molecule has 1 aliphatic heterocycles.